The number of aliphatic hydroxyl groups is 1. The topological polar surface area (TPSA) is 64.0 Å². The van der Waals surface area contributed by atoms with E-state index in [1.807, 2.05) is 0 Å². The third-order valence-electron chi connectivity index (χ3n) is 7.68. The van der Waals surface area contributed by atoms with Crippen LogP contribution in [0.25, 0.3) is 0 Å². The number of halogens is 4. The van der Waals surface area contributed by atoms with Crippen LogP contribution in [0.1, 0.15) is 36.6 Å². The Hall–Kier alpha value is -2.10. The third kappa shape index (κ3) is 2.42. The maximum atomic E-state index is 13.3. The number of aliphatic hydroxyl groups excluding tert-OH is 1. The zero-order valence-corrected chi connectivity index (χ0v) is 17.3. The summed E-state index contributed by atoms with van der Waals surface area (Å²) in [6, 6.07) is 3.25. The van der Waals surface area contributed by atoms with E-state index in [2.05, 4.69) is 25.3 Å². The standard InChI is InChI=1S/C21H21ClF3N5O/c22-14-13-9-27-28-16(14)17-19(4-2-5-19)20(17)11-29(13)7-8-30(20)10-12-3-1-6-26-15(12)18(31)21(23,24)25/h1,3,6,9,18,28,31H,2,4-5,7-8,10-11H2/t18-,20+/m0/s1. The van der Waals surface area contributed by atoms with Crippen molar-refractivity contribution in [2.75, 3.05) is 19.6 Å². The zero-order chi connectivity index (χ0) is 21.6. The predicted octanol–water partition coefficient (Wildman–Crippen LogP) is 3.02. The van der Waals surface area contributed by atoms with E-state index >= 15 is 0 Å². The van der Waals surface area contributed by atoms with Crippen molar-refractivity contribution in [2.24, 2.45) is 10.5 Å². The highest BCUT2D eigenvalue weighted by molar-refractivity contribution is 6.34. The second-order valence-electron chi connectivity index (χ2n) is 8.95. The van der Waals surface area contributed by atoms with Crippen LogP contribution >= 0.6 is 11.6 Å². The number of alkyl halides is 3. The van der Waals surface area contributed by atoms with Gasteiger partial charge < -0.3 is 10.0 Å². The fourth-order valence-corrected chi connectivity index (χ4v) is 6.47. The van der Waals surface area contributed by atoms with Gasteiger partial charge in [-0.1, -0.05) is 24.1 Å². The Morgan fingerprint density at radius 3 is 2.81 bits per heavy atom. The summed E-state index contributed by atoms with van der Waals surface area (Å²) in [5, 5.41) is 14.9. The summed E-state index contributed by atoms with van der Waals surface area (Å²) < 4.78 is 39.8. The molecule has 4 heterocycles. The Kier molecular flexibility index (Phi) is 3.94. The van der Waals surface area contributed by atoms with E-state index < -0.39 is 12.3 Å². The summed E-state index contributed by atoms with van der Waals surface area (Å²) in [4.78, 5) is 8.43. The molecule has 5 aliphatic rings. The van der Waals surface area contributed by atoms with Gasteiger partial charge in [-0.25, -0.2) is 0 Å². The largest absolute Gasteiger partial charge is 0.420 e. The van der Waals surface area contributed by atoms with Crippen molar-refractivity contribution in [2.45, 2.75) is 43.6 Å². The van der Waals surface area contributed by atoms with Crippen LogP contribution in [-0.4, -0.2) is 57.5 Å². The first-order valence-electron chi connectivity index (χ1n) is 10.4. The molecule has 0 amide bonds. The molecule has 1 saturated heterocycles. The molecule has 1 aromatic rings. The molecular formula is C21H21ClF3N5O. The van der Waals surface area contributed by atoms with Crippen molar-refractivity contribution in [3.63, 3.8) is 0 Å². The number of aromatic nitrogens is 1. The van der Waals surface area contributed by atoms with E-state index in [0.29, 0.717) is 23.7 Å². The van der Waals surface area contributed by atoms with Crippen molar-refractivity contribution < 1.29 is 18.3 Å². The highest BCUT2D eigenvalue weighted by atomic mass is 35.5. The average Bonchev–Trinajstić information content (AvgIpc) is 3.32. The number of pyridine rings is 1. The van der Waals surface area contributed by atoms with Gasteiger partial charge in [-0.3, -0.25) is 15.3 Å². The van der Waals surface area contributed by atoms with Gasteiger partial charge in [0.1, 0.15) is 0 Å². The van der Waals surface area contributed by atoms with Gasteiger partial charge in [0, 0.05) is 37.8 Å². The molecule has 0 radical (unpaired) electrons. The number of hydrogen-bond acceptors (Lipinski definition) is 6. The van der Waals surface area contributed by atoms with Gasteiger partial charge in [0.2, 0.25) is 0 Å². The quantitative estimate of drug-likeness (QED) is 0.739. The minimum absolute atomic E-state index is 0.0163. The minimum Gasteiger partial charge on any atom is -0.378 e. The lowest BCUT2D eigenvalue weighted by atomic mass is 9.76. The van der Waals surface area contributed by atoms with Crippen LogP contribution in [0.2, 0.25) is 0 Å². The summed E-state index contributed by atoms with van der Waals surface area (Å²) in [5.74, 6) is 0. The molecule has 31 heavy (non-hydrogen) atoms. The second kappa shape index (κ2) is 6.24. The number of rotatable bonds is 3. The summed E-state index contributed by atoms with van der Waals surface area (Å²) in [6.45, 7) is 2.41. The smallest absolute Gasteiger partial charge is 0.378 e. The molecule has 164 valence electrons. The van der Waals surface area contributed by atoms with Gasteiger partial charge in [-0.2, -0.15) is 18.3 Å². The molecule has 6 rings (SSSR count). The Bertz CT molecular complexity index is 1060. The summed E-state index contributed by atoms with van der Waals surface area (Å²) in [7, 11) is 0. The number of fused-ring (bicyclic) bond motifs is 4. The SMILES string of the molecule is O[C@@H](c1ncccc1CN1CCN2C[C@]13C(=C1NN=CC2=C1Cl)C31CCC1)C(F)(F)F. The fourth-order valence-electron chi connectivity index (χ4n) is 6.16. The highest BCUT2D eigenvalue weighted by Crippen LogP contribution is 2.77. The summed E-state index contributed by atoms with van der Waals surface area (Å²) in [6.07, 6.45) is -1.13. The molecule has 4 bridgehead atoms. The van der Waals surface area contributed by atoms with Crippen molar-refractivity contribution in [1.29, 1.82) is 0 Å². The number of nitrogens with one attached hydrogen (secondary N) is 1. The first kappa shape index (κ1) is 19.6. The molecule has 0 aromatic carbocycles. The van der Waals surface area contributed by atoms with Gasteiger partial charge in [0.05, 0.1) is 33.9 Å². The molecule has 2 saturated carbocycles. The van der Waals surface area contributed by atoms with E-state index in [1.54, 1.807) is 18.3 Å². The van der Waals surface area contributed by atoms with Gasteiger partial charge in [-0.05, 0) is 30.0 Å². The minimum atomic E-state index is -4.76. The Balaban J connectivity index is 1.42. The van der Waals surface area contributed by atoms with Crippen molar-refractivity contribution >= 4 is 17.8 Å². The maximum Gasteiger partial charge on any atom is 0.420 e. The van der Waals surface area contributed by atoms with Crippen LogP contribution in [0.5, 0.6) is 0 Å². The monoisotopic (exact) mass is 451 g/mol. The van der Waals surface area contributed by atoms with Crippen LogP contribution < -0.4 is 5.43 Å². The van der Waals surface area contributed by atoms with Crippen molar-refractivity contribution in [1.82, 2.24) is 20.2 Å². The predicted molar refractivity (Wildman–Crippen MR) is 108 cm³/mol. The maximum absolute atomic E-state index is 13.3. The molecule has 2 spiro atoms. The Labute approximate surface area is 182 Å². The molecule has 2 aliphatic carbocycles. The molecule has 1 aromatic heterocycles. The number of hydrogen-bond donors (Lipinski definition) is 2. The van der Waals surface area contributed by atoms with E-state index in [9.17, 15) is 18.3 Å². The van der Waals surface area contributed by atoms with E-state index in [1.165, 1.54) is 11.8 Å². The zero-order valence-electron chi connectivity index (χ0n) is 16.6. The summed E-state index contributed by atoms with van der Waals surface area (Å²) >= 11 is 6.75. The number of nitrogens with zero attached hydrogens (tertiary/aromatic N) is 4. The number of allylic oxidation sites excluding steroid dienone is 2. The molecule has 6 nitrogen and oxygen atoms in total. The van der Waals surface area contributed by atoms with Gasteiger partial charge in [0.15, 0.2) is 6.10 Å². The summed E-state index contributed by atoms with van der Waals surface area (Å²) in [5.41, 5.74) is 5.86. The van der Waals surface area contributed by atoms with Gasteiger partial charge in [0.25, 0.3) is 0 Å². The lowest BCUT2D eigenvalue weighted by molar-refractivity contribution is -0.208. The number of hydrazone groups is 1. The Morgan fingerprint density at radius 2 is 2.10 bits per heavy atom. The normalized spacial score (nSPS) is 29.4. The first-order chi connectivity index (χ1) is 14.8. The first-order valence-corrected chi connectivity index (χ1v) is 10.8. The molecule has 2 atom stereocenters. The second-order valence-corrected chi connectivity index (χ2v) is 9.33. The lowest BCUT2D eigenvalue weighted by Crippen LogP contribution is -2.57. The van der Waals surface area contributed by atoms with Crippen molar-refractivity contribution in [3.05, 3.63) is 51.6 Å². The van der Waals surface area contributed by atoms with E-state index in [-0.39, 0.29) is 23.2 Å². The molecule has 0 unspecified atom stereocenters. The average molecular weight is 452 g/mol. The van der Waals surface area contributed by atoms with E-state index in [4.69, 9.17) is 11.6 Å². The molecule has 3 aliphatic heterocycles. The van der Waals surface area contributed by atoms with Crippen LogP contribution in [0.3, 0.4) is 0 Å². The van der Waals surface area contributed by atoms with Crippen molar-refractivity contribution in [3.8, 4) is 0 Å². The lowest BCUT2D eigenvalue weighted by Gasteiger charge is -2.47. The van der Waals surface area contributed by atoms with Crippen LogP contribution in [0.4, 0.5) is 13.2 Å². The highest BCUT2D eigenvalue weighted by Gasteiger charge is 2.79. The van der Waals surface area contributed by atoms with E-state index in [0.717, 1.165) is 37.2 Å². The van der Waals surface area contributed by atoms with Gasteiger partial charge in [-0.15, -0.1) is 0 Å². The van der Waals surface area contributed by atoms with Crippen LogP contribution in [-0.2, 0) is 6.54 Å². The Morgan fingerprint density at radius 1 is 1.29 bits per heavy atom. The fraction of sp³-hybridized carbons (Fsp3) is 0.524. The third-order valence-corrected chi connectivity index (χ3v) is 8.06. The molecule has 3 fully saturated rings. The van der Waals surface area contributed by atoms with Gasteiger partial charge >= 0.3 is 6.18 Å². The molecule has 2 N–H and O–H groups in total. The number of piperazine rings is 1. The van der Waals surface area contributed by atoms with Crippen LogP contribution in [0.15, 0.2) is 45.4 Å². The molecule has 10 heteroatoms. The van der Waals surface area contributed by atoms with Crippen LogP contribution in [0, 0.1) is 5.41 Å². The molecular weight excluding hydrogens is 431 g/mol.